The van der Waals surface area contributed by atoms with Crippen LogP contribution in [0, 0.1) is 0 Å². The van der Waals surface area contributed by atoms with Crippen molar-refractivity contribution in [3.63, 3.8) is 0 Å². The van der Waals surface area contributed by atoms with E-state index in [0.29, 0.717) is 34.5 Å². The van der Waals surface area contributed by atoms with Crippen molar-refractivity contribution >= 4 is 17.7 Å². The van der Waals surface area contributed by atoms with Crippen LogP contribution in [0.5, 0.6) is 11.5 Å². The molecule has 0 radical (unpaired) electrons. The Bertz CT molecular complexity index is 946. The quantitative estimate of drug-likeness (QED) is 0.530. The van der Waals surface area contributed by atoms with Crippen LogP contribution in [0.15, 0.2) is 53.1 Å². The Morgan fingerprint density at radius 2 is 1.93 bits per heavy atom. The van der Waals surface area contributed by atoms with Crippen LogP contribution in [-0.4, -0.2) is 48.0 Å². The zero-order chi connectivity index (χ0) is 20.6. The van der Waals surface area contributed by atoms with Crippen molar-refractivity contribution in [3.8, 4) is 22.9 Å². The van der Waals surface area contributed by atoms with Gasteiger partial charge in [0.05, 0.1) is 32.1 Å². The third-order valence-electron chi connectivity index (χ3n) is 4.25. The van der Waals surface area contributed by atoms with Crippen LogP contribution < -0.4 is 9.47 Å². The van der Waals surface area contributed by atoms with E-state index in [1.807, 2.05) is 18.2 Å². The molecule has 152 valence electrons. The molecule has 2 aromatic carbocycles. The van der Waals surface area contributed by atoms with Crippen LogP contribution >= 0.6 is 11.8 Å². The normalized spacial score (nSPS) is 10.6. The van der Waals surface area contributed by atoms with E-state index in [9.17, 15) is 4.79 Å². The summed E-state index contributed by atoms with van der Waals surface area (Å²) in [6, 6.07) is 15.4. The number of methoxy groups -OCH3 is 2. The van der Waals surface area contributed by atoms with E-state index in [4.69, 9.17) is 14.0 Å². The molecule has 29 heavy (non-hydrogen) atoms. The van der Waals surface area contributed by atoms with E-state index in [2.05, 4.69) is 22.3 Å². The van der Waals surface area contributed by atoms with Gasteiger partial charge in [-0.25, -0.2) is 0 Å². The van der Waals surface area contributed by atoms with Crippen molar-refractivity contribution in [1.82, 2.24) is 15.0 Å². The lowest BCUT2D eigenvalue weighted by Gasteiger charge is -2.14. The minimum absolute atomic E-state index is 0.00714. The number of nitrogens with zero attached hydrogens (tertiary/aromatic N) is 3. The summed E-state index contributed by atoms with van der Waals surface area (Å²) in [7, 11) is 4.88. The van der Waals surface area contributed by atoms with E-state index in [0.717, 1.165) is 5.75 Å². The van der Waals surface area contributed by atoms with Crippen molar-refractivity contribution in [2.24, 2.45) is 0 Å². The van der Waals surface area contributed by atoms with Gasteiger partial charge in [-0.2, -0.15) is 4.98 Å². The van der Waals surface area contributed by atoms with E-state index in [-0.39, 0.29) is 12.5 Å². The van der Waals surface area contributed by atoms with Gasteiger partial charge in [-0.15, -0.1) is 11.8 Å². The molecular formula is C21H23N3O4S. The number of amides is 1. The zero-order valence-corrected chi connectivity index (χ0v) is 17.4. The van der Waals surface area contributed by atoms with Gasteiger partial charge in [-0.3, -0.25) is 4.79 Å². The number of aromatic nitrogens is 2. The molecule has 0 aliphatic carbocycles. The first-order chi connectivity index (χ1) is 14.1. The number of ether oxygens (including phenoxy) is 2. The maximum atomic E-state index is 12.4. The van der Waals surface area contributed by atoms with Gasteiger partial charge in [0, 0.05) is 18.9 Å². The Balaban J connectivity index is 1.57. The van der Waals surface area contributed by atoms with Crippen LogP contribution in [0.2, 0.25) is 0 Å². The van der Waals surface area contributed by atoms with Crippen molar-refractivity contribution in [1.29, 1.82) is 0 Å². The zero-order valence-electron chi connectivity index (χ0n) is 16.6. The topological polar surface area (TPSA) is 77.7 Å². The number of hydrogen-bond donors (Lipinski definition) is 0. The average Bonchev–Trinajstić information content (AvgIpc) is 3.22. The maximum absolute atomic E-state index is 12.4. The predicted octanol–water partition coefficient (Wildman–Crippen LogP) is 3.65. The molecule has 1 aromatic heterocycles. The molecule has 0 atom stereocenters. The fraction of sp³-hybridized carbons (Fsp3) is 0.286. The number of benzene rings is 2. The molecule has 0 aliphatic rings. The Kier molecular flexibility index (Phi) is 7.13. The molecule has 0 spiro atoms. The Labute approximate surface area is 174 Å². The van der Waals surface area contributed by atoms with Gasteiger partial charge in [0.15, 0.2) is 0 Å². The molecule has 0 saturated carbocycles. The van der Waals surface area contributed by atoms with Crippen molar-refractivity contribution in [3.05, 3.63) is 60.0 Å². The monoisotopic (exact) mass is 413 g/mol. The SMILES string of the molecule is COc1ccc(-c2noc(CN(C)C(=O)CSCc3ccccc3)n2)c(OC)c1. The van der Waals surface area contributed by atoms with E-state index in [1.165, 1.54) is 5.56 Å². The van der Waals surface area contributed by atoms with Gasteiger partial charge >= 0.3 is 0 Å². The van der Waals surface area contributed by atoms with Gasteiger partial charge in [-0.1, -0.05) is 35.5 Å². The first-order valence-electron chi connectivity index (χ1n) is 9.01. The Morgan fingerprint density at radius 3 is 2.66 bits per heavy atom. The predicted molar refractivity (Wildman–Crippen MR) is 112 cm³/mol. The molecule has 0 unspecified atom stereocenters. The molecule has 0 aliphatic heterocycles. The molecule has 0 bridgehead atoms. The highest BCUT2D eigenvalue weighted by Crippen LogP contribution is 2.31. The largest absolute Gasteiger partial charge is 0.497 e. The van der Waals surface area contributed by atoms with Gasteiger partial charge in [-0.05, 0) is 17.7 Å². The summed E-state index contributed by atoms with van der Waals surface area (Å²) in [6.07, 6.45) is 0. The second-order valence-corrected chi connectivity index (χ2v) is 7.29. The molecule has 0 fully saturated rings. The summed E-state index contributed by atoms with van der Waals surface area (Å²) in [6.45, 7) is 0.246. The smallest absolute Gasteiger partial charge is 0.246 e. The van der Waals surface area contributed by atoms with Crippen molar-refractivity contribution in [2.45, 2.75) is 12.3 Å². The Hall–Kier alpha value is -3.00. The molecule has 0 N–H and O–H groups in total. The molecule has 3 rings (SSSR count). The lowest BCUT2D eigenvalue weighted by atomic mass is 10.2. The highest BCUT2D eigenvalue weighted by molar-refractivity contribution is 7.99. The fourth-order valence-corrected chi connectivity index (χ4v) is 3.57. The van der Waals surface area contributed by atoms with E-state index < -0.39 is 0 Å². The molecule has 0 saturated heterocycles. The van der Waals surface area contributed by atoms with E-state index in [1.54, 1.807) is 56.1 Å². The maximum Gasteiger partial charge on any atom is 0.246 e. The van der Waals surface area contributed by atoms with Gasteiger partial charge in [0.2, 0.25) is 17.6 Å². The van der Waals surface area contributed by atoms with Crippen molar-refractivity contribution in [2.75, 3.05) is 27.0 Å². The standard InChI is InChI=1S/C21H23N3O4S/c1-24(20(25)14-29-13-15-7-5-4-6-8-15)12-19-22-21(23-28-19)17-10-9-16(26-2)11-18(17)27-3/h4-11H,12-14H2,1-3H3. The molecule has 3 aromatic rings. The number of thioether (sulfide) groups is 1. The molecule has 7 nitrogen and oxygen atoms in total. The molecule has 8 heteroatoms. The average molecular weight is 413 g/mol. The van der Waals surface area contributed by atoms with Crippen LogP contribution in [0.4, 0.5) is 0 Å². The highest BCUT2D eigenvalue weighted by atomic mass is 32.2. The highest BCUT2D eigenvalue weighted by Gasteiger charge is 2.17. The van der Waals surface area contributed by atoms with Crippen LogP contribution in [0.1, 0.15) is 11.5 Å². The number of rotatable bonds is 9. The van der Waals surface area contributed by atoms with Crippen molar-refractivity contribution < 1.29 is 18.8 Å². The minimum Gasteiger partial charge on any atom is -0.497 e. The summed E-state index contributed by atoms with van der Waals surface area (Å²) < 4.78 is 15.9. The minimum atomic E-state index is 0.00714. The van der Waals surface area contributed by atoms with Gasteiger partial charge < -0.3 is 18.9 Å². The summed E-state index contributed by atoms with van der Waals surface area (Å²) in [4.78, 5) is 18.3. The summed E-state index contributed by atoms with van der Waals surface area (Å²) in [5.74, 6) is 3.21. The third-order valence-corrected chi connectivity index (χ3v) is 5.24. The Morgan fingerprint density at radius 1 is 1.14 bits per heavy atom. The summed E-state index contributed by atoms with van der Waals surface area (Å²) >= 11 is 1.58. The number of carbonyl (C=O) groups excluding carboxylic acids is 1. The number of carbonyl (C=O) groups is 1. The van der Waals surface area contributed by atoms with Crippen LogP contribution in [-0.2, 0) is 17.1 Å². The van der Waals surface area contributed by atoms with Gasteiger partial charge in [0.25, 0.3) is 0 Å². The molecule has 1 heterocycles. The second-order valence-electron chi connectivity index (χ2n) is 6.31. The lowest BCUT2D eigenvalue weighted by Crippen LogP contribution is -2.28. The fourth-order valence-electron chi connectivity index (χ4n) is 2.64. The third kappa shape index (κ3) is 5.51. The lowest BCUT2D eigenvalue weighted by molar-refractivity contribution is -0.127. The summed E-state index contributed by atoms with van der Waals surface area (Å²) in [5.41, 5.74) is 1.89. The summed E-state index contributed by atoms with van der Waals surface area (Å²) in [5, 5.41) is 4.01. The van der Waals surface area contributed by atoms with E-state index >= 15 is 0 Å². The van der Waals surface area contributed by atoms with Gasteiger partial charge in [0.1, 0.15) is 11.5 Å². The first-order valence-corrected chi connectivity index (χ1v) is 10.2. The molecular weight excluding hydrogens is 390 g/mol. The van der Waals surface area contributed by atoms with Crippen LogP contribution in [0.3, 0.4) is 0 Å². The first kappa shape index (κ1) is 20.7. The number of hydrogen-bond acceptors (Lipinski definition) is 7. The second kappa shape index (κ2) is 9.97. The molecule has 1 amide bonds. The van der Waals surface area contributed by atoms with Crippen LogP contribution in [0.25, 0.3) is 11.4 Å².